The third-order valence-electron chi connectivity index (χ3n) is 2.82. The van der Waals surface area contributed by atoms with E-state index in [1.54, 1.807) is 18.5 Å². The van der Waals surface area contributed by atoms with Crippen molar-refractivity contribution in [2.75, 3.05) is 11.9 Å². The molecule has 1 aliphatic rings. The van der Waals surface area contributed by atoms with E-state index in [-0.39, 0.29) is 5.60 Å². The highest BCUT2D eigenvalue weighted by atomic mass is 35.5. The molecule has 2 heterocycles. The van der Waals surface area contributed by atoms with Gasteiger partial charge in [-0.25, -0.2) is 0 Å². The molecule has 1 saturated heterocycles. The molecule has 0 spiro atoms. The van der Waals surface area contributed by atoms with Crippen molar-refractivity contribution in [2.45, 2.75) is 38.3 Å². The van der Waals surface area contributed by atoms with Gasteiger partial charge >= 0.3 is 0 Å². The number of hydrogen-bond donors (Lipinski definition) is 1. The van der Waals surface area contributed by atoms with Crippen LogP contribution in [-0.4, -0.2) is 23.2 Å². The number of ether oxygens (including phenoxy) is 1. The fraction of sp³-hybridized carbons (Fsp3) is 0.583. The lowest BCUT2D eigenvalue weighted by Gasteiger charge is -2.36. The van der Waals surface area contributed by atoms with Crippen LogP contribution in [0.15, 0.2) is 18.5 Å². The molecule has 1 aromatic heterocycles. The molecule has 88 valence electrons. The molecule has 16 heavy (non-hydrogen) atoms. The number of anilines is 1. The zero-order valence-corrected chi connectivity index (χ0v) is 10.4. The van der Waals surface area contributed by atoms with Crippen LogP contribution >= 0.6 is 11.6 Å². The zero-order chi connectivity index (χ0) is 11.6. The molecule has 1 aliphatic heterocycles. The van der Waals surface area contributed by atoms with E-state index in [0.29, 0.717) is 6.04 Å². The number of nitrogens with zero attached hydrogens (tertiary/aromatic N) is 1. The summed E-state index contributed by atoms with van der Waals surface area (Å²) >= 11 is 6.08. The minimum absolute atomic E-state index is 0.0510. The van der Waals surface area contributed by atoms with Crippen LogP contribution in [0.5, 0.6) is 0 Å². The normalized spacial score (nSPS) is 24.1. The Morgan fingerprint density at radius 2 is 2.38 bits per heavy atom. The summed E-state index contributed by atoms with van der Waals surface area (Å²) in [7, 11) is 0. The van der Waals surface area contributed by atoms with E-state index < -0.39 is 0 Å². The first-order valence-corrected chi connectivity index (χ1v) is 5.95. The first-order chi connectivity index (χ1) is 7.57. The summed E-state index contributed by atoms with van der Waals surface area (Å²) in [5.41, 5.74) is 0.858. The van der Waals surface area contributed by atoms with Crippen LogP contribution in [-0.2, 0) is 4.74 Å². The Hall–Kier alpha value is -0.800. The summed E-state index contributed by atoms with van der Waals surface area (Å²) in [6.07, 6.45) is 5.46. The summed E-state index contributed by atoms with van der Waals surface area (Å²) in [6.45, 7) is 5.03. The summed E-state index contributed by atoms with van der Waals surface area (Å²) < 4.78 is 5.67. The smallest absolute Gasteiger partial charge is 0.0718 e. The summed E-state index contributed by atoms with van der Waals surface area (Å²) in [5, 5.41) is 4.15. The topological polar surface area (TPSA) is 34.2 Å². The number of pyridine rings is 1. The van der Waals surface area contributed by atoms with Gasteiger partial charge in [0.25, 0.3) is 0 Å². The fourth-order valence-electron chi connectivity index (χ4n) is 2.06. The quantitative estimate of drug-likeness (QED) is 0.863. The molecule has 1 unspecified atom stereocenters. The van der Waals surface area contributed by atoms with Crippen molar-refractivity contribution in [3.8, 4) is 0 Å². The average molecular weight is 241 g/mol. The SMILES string of the molecule is CC1(C)CC(Nc2cnccc2Cl)CCO1. The molecule has 1 atom stereocenters. The van der Waals surface area contributed by atoms with Gasteiger partial charge in [-0.3, -0.25) is 4.98 Å². The van der Waals surface area contributed by atoms with Gasteiger partial charge in [0.1, 0.15) is 0 Å². The van der Waals surface area contributed by atoms with E-state index in [0.717, 1.165) is 30.2 Å². The Morgan fingerprint density at radius 1 is 1.56 bits per heavy atom. The third-order valence-corrected chi connectivity index (χ3v) is 3.15. The van der Waals surface area contributed by atoms with Gasteiger partial charge in [0.15, 0.2) is 0 Å². The number of hydrogen-bond acceptors (Lipinski definition) is 3. The lowest BCUT2D eigenvalue weighted by molar-refractivity contribution is -0.0553. The van der Waals surface area contributed by atoms with Gasteiger partial charge in [-0.05, 0) is 32.8 Å². The highest BCUT2D eigenvalue weighted by Gasteiger charge is 2.28. The van der Waals surface area contributed by atoms with E-state index in [1.807, 2.05) is 0 Å². The van der Waals surface area contributed by atoms with Crippen molar-refractivity contribution in [2.24, 2.45) is 0 Å². The van der Waals surface area contributed by atoms with Crippen LogP contribution in [0, 0.1) is 0 Å². The maximum atomic E-state index is 6.08. The molecule has 1 aromatic rings. The molecule has 0 aromatic carbocycles. The van der Waals surface area contributed by atoms with E-state index >= 15 is 0 Å². The second-order valence-corrected chi connectivity index (χ2v) is 5.20. The molecular weight excluding hydrogens is 224 g/mol. The summed E-state index contributed by atoms with van der Waals surface area (Å²) in [6, 6.07) is 2.21. The van der Waals surface area contributed by atoms with E-state index in [1.165, 1.54) is 0 Å². The van der Waals surface area contributed by atoms with Gasteiger partial charge in [-0.1, -0.05) is 11.6 Å². The first-order valence-electron chi connectivity index (χ1n) is 5.57. The molecule has 4 heteroatoms. The maximum absolute atomic E-state index is 6.08. The second-order valence-electron chi connectivity index (χ2n) is 4.80. The molecule has 0 bridgehead atoms. The largest absolute Gasteiger partial charge is 0.380 e. The van der Waals surface area contributed by atoms with E-state index in [4.69, 9.17) is 16.3 Å². The first kappa shape index (κ1) is 11.7. The van der Waals surface area contributed by atoms with Crippen molar-refractivity contribution in [1.29, 1.82) is 0 Å². The lowest BCUT2D eigenvalue weighted by atomic mass is 9.94. The Balaban J connectivity index is 2.02. The number of rotatable bonds is 2. The Bertz CT molecular complexity index is 368. The van der Waals surface area contributed by atoms with Gasteiger partial charge in [0.2, 0.25) is 0 Å². The predicted octanol–water partition coefficient (Wildman–Crippen LogP) is 3.10. The van der Waals surface area contributed by atoms with Crippen molar-refractivity contribution < 1.29 is 4.74 Å². The van der Waals surface area contributed by atoms with Gasteiger partial charge < -0.3 is 10.1 Å². The molecular formula is C12H17ClN2O. The van der Waals surface area contributed by atoms with Crippen LogP contribution in [0.1, 0.15) is 26.7 Å². The molecule has 1 fully saturated rings. The molecule has 3 nitrogen and oxygen atoms in total. The monoisotopic (exact) mass is 240 g/mol. The standard InChI is InChI=1S/C12H17ClN2O/c1-12(2)7-9(4-6-16-12)15-11-8-14-5-3-10(11)13/h3,5,8-9,15H,4,6-7H2,1-2H3. The van der Waals surface area contributed by atoms with Crippen LogP contribution < -0.4 is 5.32 Å². The third kappa shape index (κ3) is 2.86. The van der Waals surface area contributed by atoms with Gasteiger partial charge in [0.05, 0.1) is 22.5 Å². The molecule has 1 N–H and O–H groups in total. The number of halogens is 1. The van der Waals surface area contributed by atoms with Crippen LogP contribution in [0.4, 0.5) is 5.69 Å². The highest BCUT2D eigenvalue weighted by molar-refractivity contribution is 6.33. The Morgan fingerprint density at radius 3 is 3.06 bits per heavy atom. The molecule has 0 aliphatic carbocycles. The molecule has 0 radical (unpaired) electrons. The van der Waals surface area contributed by atoms with Crippen LogP contribution in [0.25, 0.3) is 0 Å². The van der Waals surface area contributed by atoms with Gasteiger partial charge in [-0.2, -0.15) is 0 Å². The van der Waals surface area contributed by atoms with Crippen molar-refractivity contribution in [3.63, 3.8) is 0 Å². The van der Waals surface area contributed by atoms with Gasteiger partial charge in [-0.15, -0.1) is 0 Å². The summed E-state index contributed by atoms with van der Waals surface area (Å²) in [4.78, 5) is 4.07. The molecule has 0 amide bonds. The number of aromatic nitrogens is 1. The second kappa shape index (κ2) is 4.60. The van der Waals surface area contributed by atoms with E-state index in [9.17, 15) is 0 Å². The maximum Gasteiger partial charge on any atom is 0.0718 e. The zero-order valence-electron chi connectivity index (χ0n) is 9.66. The lowest BCUT2D eigenvalue weighted by Crippen LogP contribution is -2.40. The fourth-order valence-corrected chi connectivity index (χ4v) is 2.22. The Kier molecular flexibility index (Phi) is 3.36. The van der Waals surface area contributed by atoms with Crippen molar-refractivity contribution in [1.82, 2.24) is 4.98 Å². The molecule has 0 saturated carbocycles. The van der Waals surface area contributed by atoms with Crippen molar-refractivity contribution >= 4 is 17.3 Å². The summed E-state index contributed by atoms with van der Waals surface area (Å²) in [5.74, 6) is 0. The highest BCUT2D eigenvalue weighted by Crippen LogP contribution is 2.28. The van der Waals surface area contributed by atoms with Crippen LogP contribution in [0.3, 0.4) is 0 Å². The minimum atomic E-state index is -0.0510. The van der Waals surface area contributed by atoms with E-state index in [2.05, 4.69) is 24.1 Å². The molecule has 2 rings (SSSR count). The average Bonchev–Trinajstić information content (AvgIpc) is 2.20. The van der Waals surface area contributed by atoms with Crippen molar-refractivity contribution in [3.05, 3.63) is 23.5 Å². The number of nitrogens with one attached hydrogen (secondary N) is 1. The Labute approximate surface area is 101 Å². The minimum Gasteiger partial charge on any atom is -0.380 e. The van der Waals surface area contributed by atoms with Crippen LogP contribution in [0.2, 0.25) is 5.02 Å². The predicted molar refractivity (Wildman–Crippen MR) is 65.9 cm³/mol. The van der Waals surface area contributed by atoms with Gasteiger partial charge in [0, 0.05) is 18.8 Å².